The summed E-state index contributed by atoms with van der Waals surface area (Å²) in [6, 6.07) is 8.01. The molecule has 108 valence electrons. The van der Waals surface area contributed by atoms with Crippen molar-refractivity contribution in [3.8, 4) is 0 Å². The van der Waals surface area contributed by atoms with Crippen LogP contribution >= 0.6 is 0 Å². The number of carbonyl (C=O) groups is 1. The predicted molar refractivity (Wildman–Crippen MR) is 84.3 cm³/mol. The summed E-state index contributed by atoms with van der Waals surface area (Å²) in [5.41, 5.74) is 2.83. The summed E-state index contributed by atoms with van der Waals surface area (Å²) >= 11 is 0. The molecule has 0 spiro atoms. The van der Waals surface area contributed by atoms with Gasteiger partial charge >= 0.3 is 0 Å². The minimum Gasteiger partial charge on any atom is -0.345 e. The number of para-hydroxylation sites is 1. The van der Waals surface area contributed by atoms with Crippen molar-refractivity contribution in [1.29, 1.82) is 0 Å². The van der Waals surface area contributed by atoms with E-state index >= 15 is 0 Å². The van der Waals surface area contributed by atoms with Gasteiger partial charge in [0.05, 0.1) is 5.52 Å². The van der Waals surface area contributed by atoms with E-state index in [4.69, 9.17) is 0 Å². The van der Waals surface area contributed by atoms with E-state index in [1.807, 2.05) is 22.8 Å². The highest BCUT2D eigenvalue weighted by Gasteiger charge is 2.15. The molecule has 0 N–H and O–H groups in total. The Kier molecular flexibility index (Phi) is 3.37. The Morgan fingerprint density at radius 2 is 2.14 bits per heavy atom. The van der Waals surface area contributed by atoms with Gasteiger partial charge in [0.2, 0.25) is 5.91 Å². The summed E-state index contributed by atoms with van der Waals surface area (Å²) in [6.07, 6.45) is 5.07. The van der Waals surface area contributed by atoms with E-state index in [0.29, 0.717) is 5.56 Å². The maximum absolute atomic E-state index is 12.6. The fourth-order valence-electron chi connectivity index (χ4n) is 2.82. The third-order valence-corrected chi connectivity index (χ3v) is 3.90. The number of amides is 1. The van der Waals surface area contributed by atoms with Gasteiger partial charge in [-0.25, -0.2) is 0 Å². The van der Waals surface area contributed by atoms with E-state index in [9.17, 15) is 9.59 Å². The lowest BCUT2D eigenvalue weighted by atomic mass is 10.00. The van der Waals surface area contributed by atoms with E-state index in [-0.39, 0.29) is 11.5 Å². The first-order valence-electron chi connectivity index (χ1n) is 7.13. The lowest BCUT2D eigenvalue weighted by Crippen LogP contribution is -2.26. The lowest BCUT2D eigenvalue weighted by Gasteiger charge is -2.19. The minimum absolute atomic E-state index is 0.0162. The SMILES string of the molecule is CN(C)C(=O)/C=C/c1cc2cccc3c2n(c1=O)CCC3. The summed E-state index contributed by atoms with van der Waals surface area (Å²) < 4.78 is 1.84. The Morgan fingerprint density at radius 1 is 1.33 bits per heavy atom. The van der Waals surface area contributed by atoms with Gasteiger partial charge in [0, 0.05) is 32.3 Å². The van der Waals surface area contributed by atoms with Crippen LogP contribution in [0.2, 0.25) is 0 Å². The van der Waals surface area contributed by atoms with Crippen LogP contribution in [-0.4, -0.2) is 29.5 Å². The Labute approximate surface area is 123 Å². The molecule has 0 aliphatic carbocycles. The zero-order valence-corrected chi connectivity index (χ0v) is 12.3. The van der Waals surface area contributed by atoms with Crippen LogP contribution in [0, 0.1) is 0 Å². The fourth-order valence-corrected chi connectivity index (χ4v) is 2.82. The first-order valence-corrected chi connectivity index (χ1v) is 7.13. The molecule has 1 aromatic carbocycles. The number of nitrogens with zero attached hydrogens (tertiary/aromatic N) is 2. The average molecular weight is 282 g/mol. The van der Waals surface area contributed by atoms with Crippen molar-refractivity contribution in [3.63, 3.8) is 0 Å². The molecule has 0 fully saturated rings. The zero-order chi connectivity index (χ0) is 15.0. The van der Waals surface area contributed by atoms with Crippen LogP contribution in [0.15, 0.2) is 35.1 Å². The van der Waals surface area contributed by atoms with Gasteiger partial charge in [-0.2, -0.15) is 0 Å². The molecule has 0 saturated heterocycles. The minimum atomic E-state index is -0.123. The highest BCUT2D eigenvalue weighted by atomic mass is 16.2. The van der Waals surface area contributed by atoms with Crippen molar-refractivity contribution in [2.24, 2.45) is 0 Å². The first-order chi connectivity index (χ1) is 10.1. The standard InChI is InChI=1S/C17H18N2O2/c1-18(2)15(20)9-8-14-11-13-6-3-5-12-7-4-10-19(16(12)13)17(14)21/h3,5-6,8-9,11H,4,7,10H2,1-2H3/b9-8+. The number of benzene rings is 1. The Hall–Kier alpha value is -2.36. The van der Waals surface area contributed by atoms with Crippen LogP contribution < -0.4 is 5.56 Å². The van der Waals surface area contributed by atoms with Gasteiger partial charge in [-0.3, -0.25) is 9.59 Å². The molecule has 1 aliphatic heterocycles. The van der Waals surface area contributed by atoms with Gasteiger partial charge < -0.3 is 9.47 Å². The molecule has 2 heterocycles. The number of hydrogen-bond acceptors (Lipinski definition) is 2. The molecule has 4 heteroatoms. The molecule has 21 heavy (non-hydrogen) atoms. The van der Waals surface area contributed by atoms with Crippen molar-refractivity contribution >= 4 is 22.9 Å². The van der Waals surface area contributed by atoms with Crippen molar-refractivity contribution in [1.82, 2.24) is 9.47 Å². The van der Waals surface area contributed by atoms with Gasteiger partial charge in [-0.05, 0) is 35.9 Å². The molecule has 0 radical (unpaired) electrons. The van der Waals surface area contributed by atoms with E-state index in [1.54, 1.807) is 20.2 Å². The monoisotopic (exact) mass is 282 g/mol. The van der Waals surface area contributed by atoms with E-state index in [0.717, 1.165) is 30.3 Å². The molecule has 3 rings (SSSR count). The topological polar surface area (TPSA) is 42.3 Å². The summed E-state index contributed by atoms with van der Waals surface area (Å²) in [5, 5.41) is 1.06. The third-order valence-electron chi connectivity index (χ3n) is 3.90. The van der Waals surface area contributed by atoms with Gasteiger partial charge in [-0.1, -0.05) is 18.2 Å². The van der Waals surface area contributed by atoms with E-state index in [2.05, 4.69) is 6.07 Å². The van der Waals surface area contributed by atoms with Crippen LogP contribution in [0.1, 0.15) is 17.5 Å². The molecule has 1 aromatic heterocycles. The number of aromatic nitrogens is 1. The van der Waals surface area contributed by atoms with Gasteiger partial charge in [0.25, 0.3) is 5.56 Å². The quantitative estimate of drug-likeness (QED) is 0.791. The van der Waals surface area contributed by atoms with Gasteiger partial charge in [0.15, 0.2) is 0 Å². The Bertz CT molecular complexity index is 800. The average Bonchev–Trinajstić information content (AvgIpc) is 2.49. The number of pyridine rings is 1. The molecule has 1 amide bonds. The number of carbonyl (C=O) groups excluding carboxylic acids is 1. The number of aryl methyl sites for hydroxylation is 2. The summed E-state index contributed by atoms with van der Waals surface area (Å²) in [6.45, 7) is 0.746. The lowest BCUT2D eigenvalue weighted by molar-refractivity contribution is -0.123. The Balaban J connectivity index is 2.16. The predicted octanol–water partition coefficient (Wildman–Crippen LogP) is 2.05. The van der Waals surface area contributed by atoms with Gasteiger partial charge in [0.1, 0.15) is 0 Å². The molecule has 0 bridgehead atoms. The van der Waals surface area contributed by atoms with Crippen LogP contribution in [-0.2, 0) is 17.8 Å². The summed E-state index contributed by atoms with van der Waals surface area (Å²) in [4.78, 5) is 25.7. The molecular formula is C17H18N2O2. The van der Waals surface area contributed by atoms with Crippen molar-refractivity contribution < 1.29 is 4.79 Å². The maximum Gasteiger partial charge on any atom is 0.258 e. The van der Waals surface area contributed by atoms with Crippen LogP contribution in [0.5, 0.6) is 0 Å². The number of rotatable bonds is 2. The largest absolute Gasteiger partial charge is 0.345 e. The van der Waals surface area contributed by atoms with Crippen LogP contribution in [0.4, 0.5) is 0 Å². The first kappa shape index (κ1) is 13.6. The van der Waals surface area contributed by atoms with Crippen LogP contribution in [0.3, 0.4) is 0 Å². The van der Waals surface area contributed by atoms with Crippen molar-refractivity contribution in [2.75, 3.05) is 14.1 Å². The highest BCUT2D eigenvalue weighted by Crippen LogP contribution is 2.24. The summed E-state index contributed by atoms with van der Waals surface area (Å²) in [7, 11) is 3.38. The highest BCUT2D eigenvalue weighted by molar-refractivity contribution is 5.92. The fraction of sp³-hybridized carbons (Fsp3) is 0.294. The van der Waals surface area contributed by atoms with E-state index < -0.39 is 0 Å². The third kappa shape index (κ3) is 2.37. The normalized spacial score (nSPS) is 13.8. The number of likely N-dealkylation sites (N-methyl/N-ethyl adjacent to an activating group) is 1. The Morgan fingerprint density at radius 3 is 2.90 bits per heavy atom. The van der Waals surface area contributed by atoms with Gasteiger partial charge in [-0.15, -0.1) is 0 Å². The number of hydrogen-bond donors (Lipinski definition) is 0. The van der Waals surface area contributed by atoms with E-state index in [1.165, 1.54) is 16.5 Å². The molecular weight excluding hydrogens is 264 g/mol. The van der Waals surface area contributed by atoms with Crippen molar-refractivity contribution in [3.05, 3.63) is 51.8 Å². The molecule has 2 aromatic rings. The molecule has 4 nitrogen and oxygen atoms in total. The molecule has 0 atom stereocenters. The second kappa shape index (κ2) is 5.20. The summed E-state index contributed by atoms with van der Waals surface area (Å²) in [5.74, 6) is -0.123. The smallest absolute Gasteiger partial charge is 0.258 e. The van der Waals surface area contributed by atoms with Crippen molar-refractivity contribution in [2.45, 2.75) is 19.4 Å². The zero-order valence-electron chi connectivity index (χ0n) is 12.3. The molecule has 0 unspecified atom stereocenters. The molecule has 1 aliphatic rings. The second-order valence-electron chi connectivity index (χ2n) is 5.58. The second-order valence-corrected chi connectivity index (χ2v) is 5.58. The van der Waals surface area contributed by atoms with Crippen LogP contribution in [0.25, 0.3) is 17.0 Å². The molecule has 0 saturated carbocycles. The maximum atomic E-state index is 12.6.